The molecular weight excluding hydrogens is 407 g/mol. The normalized spacial score (nSPS) is 11.3. The quantitative estimate of drug-likeness (QED) is 0.688. The lowest BCUT2D eigenvalue weighted by molar-refractivity contribution is -0.116. The number of halogens is 2. The van der Waals surface area contributed by atoms with Crippen LogP contribution in [-0.2, 0) is 14.8 Å². The van der Waals surface area contributed by atoms with E-state index in [1.165, 1.54) is 10.6 Å². The summed E-state index contributed by atoms with van der Waals surface area (Å²) in [5, 5.41) is 3.56. The second kappa shape index (κ2) is 8.95. The maximum Gasteiger partial charge on any atom is 0.232 e. The van der Waals surface area contributed by atoms with Crippen molar-refractivity contribution in [1.29, 1.82) is 0 Å². The lowest BCUT2D eigenvalue weighted by atomic mass is 10.1. The van der Waals surface area contributed by atoms with Crippen LogP contribution in [0.3, 0.4) is 0 Å². The first-order valence-corrected chi connectivity index (χ1v) is 11.0. The molecule has 27 heavy (non-hydrogen) atoms. The van der Waals surface area contributed by atoms with E-state index in [-0.39, 0.29) is 18.9 Å². The third kappa shape index (κ3) is 6.13. The van der Waals surface area contributed by atoms with Gasteiger partial charge in [-0.2, -0.15) is 0 Å². The number of benzene rings is 2. The van der Waals surface area contributed by atoms with Crippen molar-refractivity contribution in [2.24, 2.45) is 0 Å². The van der Waals surface area contributed by atoms with Gasteiger partial charge in [0.2, 0.25) is 15.9 Å². The van der Waals surface area contributed by atoms with Crippen LogP contribution in [0.2, 0.25) is 10.0 Å². The SMILES string of the molecule is Cc1ccc(C)c(N(CCCC(=O)Nc2cc(Cl)ccc2Cl)S(C)(=O)=O)c1. The maximum absolute atomic E-state index is 12.2. The molecule has 0 bridgehead atoms. The maximum atomic E-state index is 12.2. The number of carbonyl (C=O) groups excluding carboxylic acids is 1. The first kappa shape index (κ1) is 21.5. The molecule has 0 atom stereocenters. The summed E-state index contributed by atoms with van der Waals surface area (Å²) in [5.41, 5.74) is 2.90. The van der Waals surface area contributed by atoms with Gasteiger partial charge in [0.1, 0.15) is 0 Å². The van der Waals surface area contributed by atoms with Gasteiger partial charge in [-0.1, -0.05) is 35.3 Å². The van der Waals surface area contributed by atoms with Crippen molar-refractivity contribution >= 4 is 50.5 Å². The molecule has 2 aromatic rings. The van der Waals surface area contributed by atoms with Gasteiger partial charge in [-0.25, -0.2) is 8.42 Å². The Labute approximate surface area is 170 Å². The van der Waals surface area contributed by atoms with Crippen LogP contribution >= 0.6 is 23.2 Å². The van der Waals surface area contributed by atoms with E-state index < -0.39 is 10.0 Å². The molecule has 8 heteroatoms. The van der Waals surface area contributed by atoms with Crippen LogP contribution in [0.15, 0.2) is 36.4 Å². The molecule has 2 rings (SSSR count). The molecule has 1 N–H and O–H groups in total. The van der Waals surface area contributed by atoms with Crippen molar-refractivity contribution in [3.63, 3.8) is 0 Å². The smallest absolute Gasteiger partial charge is 0.232 e. The number of hydrogen-bond acceptors (Lipinski definition) is 3. The van der Waals surface area contributed by atoms with Crippen LogP contribution in [0.1, 0.15) is 24.0 Å². The summed E-state index contributed by atoms with van der Waals surface area (Å²) >= 11 is 11.9. The second-order valence-electron chi connectivity index (χ2n) is 6.40. The Balaban J connectivity index is 2.05. The zero-order valence-electron chi connectivity index (χ0n) is 15.4. The second-order valence-corrected chi connectivity index (χ2v) is 9.15. The van der Waals surface area contributed by atoms with Crippen molar-refractivity contribution < 1.29 is 13.2 Å². The summed E-state index contributed by atoms with van der Waals surface area (Å²) in [7, 11) is -3.46. The largest absolute Gasteiger partial charge is 0.325 e. The molecule has 0 unspecified atom stereocenters. The highest BCUT2D eigenvalue weighted by Crippen LogP contribution is 2.26. The Hall–Kier alpha value is -1.76. The number of aryl methyl sites for hydroxylation is 2. The minimum Gasteiger partial charge on any atom is -0.325 e. The lowest BCUT2D eigenvalue weighted by Gasteiger charge is -2.24. The standard InChI is InChI=1S/C19H22Cl2N2O3S/c1-13-6-7-14(2)18(11-13)23(27(3,25)26)10-4-5-19(24)22-17-12-15(20)8-9-16(17)21/h6-9,11-12H,4-5,10H2,1-3H3,(H,22,24). The molecule has 0 saturated carbocycles. The topological polar surface area (TPSA) is 66.5 Å². The fraction of sp³-hybridized carbons (Fsp3) is 0.316. The summed E-state index contributed by atoms with van der Waals surface area (Å²) in [4.78, 5) is 12.2. The Morgan fingerprint density at radius 3 is 2.48 bits per heavy atom. The van der Waals surface area contributed by atoms with E-state index in [9.17, 15) is 13.2 Å². The van der Waals surface area contributed by atoms with E-state index in [4.69, 9.17) is 23.2 Å². The van der Waals surface area contributed by atoms with Crippen molar-refractivity contribution in [1.82, 2.24) is 0 Å². The van der Waals surface area contributed by atoms with E-state index in [2.05, 4.69) is 5.32 Å². The average molecular weight is 429 g/mol. The molecule has 0 aliphatic heterocycles. The van der Waals surface area contributed by atoms with Crippen LogP contribution in [0, 0.1) is 13.8 Å². The van der Waals surface area contributed by atoms with Crippen LogP contribution in [0.4, 0.5) is 11.4 Å². The van der Waals surface area contributed by atoms with E-state index in [1.54, 1.807) is 18.2 Å². The minimum atomic E-state index is -3.46. The van der Waals surface area contributed by atoms with Crippen LogP contribution in [0.5, 0.6) is 0 Å². The Bertz CT molecular complexity index is 946. The number of nitrogens with zero attached hydrogens (tertiary/aromatic N) is 1. The molecule has 0 fully saturated rings. The lowest BCUT2D eigenvalue weighted by Crippen LogP contribution is -2.32. The summed E-state index contributed by atoms with van der Waals surface area (Å²) in [5.74, 6) is -0.256. The molecule has 0 heterocycles. The predicted molar refractivity (Wildman–Crippen MR) is 112 cm³/mol. The molecule has 1 amide bonds. The van der Waals surface area contributed by atoms with Crippen LogP contribution in [-0.4, -0.2) is 27.1 Å². The van der Waals surface area contributed by atoms with Crippen LogP contribution < -0.4 is 9.62 Å². The number of sulfonamides is 1. The molecule has 0 aromatic heterocycles. The number of hydrogen-bond donors (Lipinski definition) is 1. The number of anilines is 2. The van der Waals surface area contributed by atoms with Gasteiger partial charge in [0.25, 0.3) is 0 Å². The first-order chi connectivity index (χ1) is 12.6. The van der Waals surface area contributed by atoms with E-state index in [1.807, 2.05) is 32.0 Å². The predicted octanol–water partition coefficient (Wildman–Crippen LogP) is 4.80. The van der Waals surface area contributed by atoms with E-state index >= 15 is 0 Å². The van der Waals surface area contributed by atoms with Gasteiger partial charge in [-0.15, -0.1) is 0 Å². The molecule has 5 nitrogen and oxygen atoms in total. The Morgan fingerprint density at radius 1 is 1.11 bits per heavy atom. The molecular formula is C19H22Cl2N2O3S. The third-order valence-corrected chi connectivity index (χ3v) is 5.75. The highest BCUT2D eigenvalue weighted by Gasteiger charge is 2.19. The van der Waals surface area contributed by atoms with Gasteiger partial charge in [0.15, 0.2) is 0 Å². The van der Waals surface area contributed by atoms with Crippen molar-refractivity contribution in [3.8, 4) is 0 Å². The van der Waals surface area contributed by atoms with Crippen molar-refractivity contribution in [3.05, 3.63) is 57.6 Å². The average Bonchev–Trinajstić information content (AvgIpc) is 2.56. The molecule has 146 valence electrons. The molecule has 2 aromatic carbocycles. The van der Waals surface area contributed by atoms with E-state index in [0.717, 1.165) is 11.1 Å². The molecule has 0 radical (unpaired) electrons. The Morgan fingerprint density at radius 2 is 1.81 bits per heavy atom. The summed E-state index contributed by atoms with van der Waals surface area (Å²) in [6, 6.07) is 10.5. The summed E-state index contributed by atoms with van der Waals surface area (Å²) < 4.78 is 25.8. The first-order valence-electron chi connectivity index (χ1n) is 8.38. The van der Waals surface area contributed by atoms with Crippen molar-refractivity contribution in [2.75, 3.05) is 22.4 Å². The van der Waals surface area contributed by atoms with Gasteiger partial charge < -0.3 is 5.32 Å². The molecule has 0 aliphatic carbocycles. The van der Waals surface area contributed by atoms with Gasteiger partial charge in [0.05, 0.1) is 22.7 Å². The zero-order chi connectivity index (χ0) is 20.2. The van der Waals surface area contributed by atoms with Gasteiger partial charge in [0, 0.05) is 18.0 Å². The van der Waals surface area contributed by atoms with E-state index in [0.29, 0.717) is 27.8 Å². The highest BCUT2D eigenvalue weighted by molar-refractivity contribution is 7.92. The number of nitrogens with one attached hydrogen (secondary N) is 1. The molecule has 0 saturated heterocycles. The zero-order valence-corrected chi connectivity index (χ0v) is 17.7. The minimum absolute atomic E-state index is 0.153. The third-order valence-electron chi connectivity index (χ3n) is 4.00. The molecule has 0 spiro atoms. The van der Waals surface area contributed by atoms with Crippen molar-refractivity contribution in [2.45, 2.75) is 26.7 Å². The fourth-order valence-corrected chi connectivity index (χ4v) is 3.99. The Kier molecular flexibility index (Phi) is 7.14. The van der Waals surface area contributed by atoms with Crippen LogP contribution in [0.25, 0.3) is 0 Å². The number of carbonyl (C=O) groups is 1. The monoisotopic (exact) mass is 428 g/mol. The van der Waals surface area contributed by atoms with Gasteiger partial charge >= 0.3 is 0 Å². The number of amides is 1. The van der Waals surface area contributed by atoms with Gasteiger partial charge in [-0.3, -0.25) is 9.10 Å². The number of rotatable bonds is 7. The highest BCUT2D eigenvalue weighted by atomic mass is 35.5. The fourth-order valence-electron chi connectivity index (χ4n) is 2.64. The summed E-state index contributed by atoms with van der Waals surface area (Å²) in [6.07, 6.45) is 1.69. The summed E-state index contributed by atoms with van der Waals surface area (Å²) in [6.45, 7) is 3.98. The molecule has 0 aliphatic rings. The van der Waals surface area contributed by atoms with Gasteiger partial charge in [-0.05, 0) is 55.7 Å².